The normalized spacial score (nSPS) is 16.7. The number of benzene rings is 2. The van der Waals surface area contributed by atoms with Gasteiger partial charge in [0.05, 0.1) is 24.3 Å². The van der Waals surface area contributed by atoms with Gasteiger partial charge in [-0.2, -0.15) is 0 Å². The highest BCUT2D eigenvalue weighted by molar-refractivity contribution is 9.10. The fraction of sp³-hybridized carbons (Fsp3) is 0.125. The average Bonchev–Trinajstić information content (AvgIpc) is 2.47. The van der Waals surface area contributed by atoms with E-state index in [4.69, 9.17) is 4.74 Å². The van der Waals surface area contributed by atoms with Gasteiger partial charge in [-0.25, -0.2) is 0 Å². The molecule has 4 nitrogen and oxygen atoms in total. The van der Waals surface area contributed by atoms with Crippen molar-refractivity contribution in [1.29, 1.82) is 0 Å². The van der Waals surface area contributed by atoms with Crippen LogP contribution in [-0.2, 0) is 0 Å². The lowest BCUT2D eigenvalue weighted by Gasteiger charge is -2.19. The molecule has 21 heavy (non-hydrogen) atoms. The quantitative estimate of drug-likeness (QED) is 0.899. The minimum Gasteiger partial charge on any atom is -0.507 e. The van der Waals surface area contributed by atoms with Gasteiger partial charge in [0.15, 0.2) is 5.78 Å². The minimum atomic E-state index is -0.491. The summed E-state index contributed by atoms with van der Waals surface area (Å²) in [6.45, 7) is 0. The number of Topliss-reactive ketones (excluding diaryl/α,β-unsaturated/α-hetero) is 1. The third-order valence-electron chi connectivity index (χ3n) is 3.41. The number of fused-ring (bicyclic) bond motifs is 1. The van der Waals surface area contributed by atoms with Crippen LogP contribution in [0, 0.1) is 0 Å². The Balaban J connectivity index is 2.08. The van der Waals surface area contributed by atoms with E-state index in [2.05, 4.69) is 20.9 Å². The van der Waals surface area contributed by atoms with Gasteiger partial charge in [-0.15, -0.1) is 0 Å². The number of carbonyl (C=O) groups excluding carboxylic acids is 1. The number of hydrogen-bond donors (Lipinski definition) is 1. The van der Waals surface area contributed by atoms with E-state index in [9.17, 15) is 9.90 Å². The van der Waals surface area contributed by atoms with Crippen LogP contribution in [0.25, 0.3) is 0 Å². The maximum atomic E-state index is 12.6. The Bertz CT molecular complexity index is 755. The van der Waals surface area contributed by atoms with Crippen LogP contribution in [0.15, 0.2) is 45.9 Å². The first kappa shape index (κ1) is 13.8. The number of hydrogen-bond acceptors (Lipinski definition) is 4. The van der Waals surface area contributed by atoms with E-state index in [1.807, 2.05) is 24.3 Å². The van der Waals surface area contributed by atoms with Gasteiger partial charge in [0.1, 0.15) is 11.5 Å². The van der Waals surface area contributed by atoms with E-state index in [0.29, 0.717) is 11.4 Å². The van der Waals surface area contributed by atoms with Crippen LogP contribution >= 0.6 is 15.9 Å². The summed E-state index contributed by atoms with van der Waals surface area (Å²) in [7, 11) is 1.50. The first-order valence-electron chi connectivity index (χ1n) is 6.35. The minimum absolute atomic E-state index is 0.105. The monoisotopic (exact) mass is 345 g/mol. The zero-order chi connectivity index (χ0) is 15.0. The van der Waals surface area contributed by atoms with Crippen LogP contribution in [0.2, 0.25) is 0 Å². The third-order valence-corrected chi connectivity index (χ3v) is 3.90. The number of methoxy groups -OCH3 is 1. The number of phenols is 1. The fourth-order valence-electron chi connectivity index (χ4n) is 2.37. The van der Waals surface area contributed by atoms with Crippen molar-refractivity contribution in [3.63, 3.8) is 0 Å². The molecule has 0 aromatic heterocycles. The summed E-state index contributed by atoms with van der Waals surface area (Å²) in [5, 5.41) is 10.1. The number of ether oxygens (including phenoxy) is 1. The number of carbonyl (C=O) groups is 1. The molecule has 0 fully saturated rings. The number of aromatic hydroxyl groups is 1. The zero-order valence-corrected chi connectivity index (χ0v) is 12.8. The summed E-state index contributed by atoms with van der Waals surface area (Å²) in [6.07, 6.45) is 1.60. The van der Waals surface area contributed by atoms with Crippen molar-refractivity contribution in [3.05, 3.63) is 52.0 Å². The molecule has 1 aliphatic heterocycles. The molecule has 0 radical (unpaired) electrons. The highest BCUT2D eigenvalue weighted by Gasteiger charge is 2.29. The van der Waals surface area contributed by atoms with Gasteiger partial charge in [0, 0.05) is 22.8 Å². The molecule has 2 aromatic rings. The summed E-state index contributed by atoms with van der Waals surface area (Å²) >= 11 is 3.39. The van der Waals surface area contributed by atoms with Crippen LogP contribution < -0.4 is 4.74 Å². The lowest BCUT2D eigenvalue weighted by molar-refractivity contribution is 0.0980. The van der Waals surface area contributed by atoms with Gasteiger partial charge in [-0.3, -0.25) is 9.79 Å². The Labute approximate surface area is 130 Å². The van der Waals surface area contributed by atoms with Crippen molar-refractivity contribution < 1.29 is 14.6 Å². The molecule has 5 heteroatoms. The molecule has 0 bridgehead atoms. The van der Waals surface area contributed by atoms with Gasteiger partial charge in [0.25, 0.3) is 0 Å². The largest absolute Gasteiger partial charge is 0.507 e. The highest BCUT2D eigenvalue weighted by Crippen LogP contribution is 2.39. The molecular weight excluding hydrogens is 334 g/mol. The zero-order valence-electron chi connectivity index (χ0n) is 11.2. The Morgan fingerprint density at radius 1 is 1.29 bits per heavy atom. The lowest BCUT2D eigenvalue weighted by Crippen LogP contribution is -2.18. The average molecular weight is 346 g/mol. The molecular formula is C16H12BrNO3. The van der Waals surface area contributed by atoms with Crippen molar-refractivity contribution >= 4 is 33.6 Å². The smallest absolute Gasteiger partial charge is 0.181 e. The van der Waals surface area contributed by atoms with Crippen LogP contribution in [0.3, 0.4) is 0 Å². The van der Waals surface area contributed by atoms with Crippen molar-refractivity contribution in [2.45, 2.75) is 5.92 Å². The van der Waals surface area contributed by atoms with E-state index in [1.54, 1.807) is 12.3 Å². The number of ketones is 1. The maximum Gasteiger partial charge on any atom is 0.181 e. The van der Waals surface area contributed by atoms with Crippen LogP contribution in [-0.4, -0.2) is 24.2 Å². The van der Waals surface area contributed by atoms with Crippen molar-refractivity contribution in [2.24, 2.45) is 4.99 Å². The van der Waals surface area contributed by atoms with E-state index < -0.39 is 5.92 Å². The molecule has 0 saturated carbocycles. The van der Waals surface area contributed by atoms with Crippen LogP contribution in [0.4, 0.5) is 5.69 Å². The Morgan fingerprint density at radius 3 is 2.81 bits per heavy atom. The van der Waals surface area contributed by atoms with E-state index >= 15 is 0 Å². The molecule has 0 amide bonds. The summed E-state index contributed by atoms with van der Waals surface area (Å²) in [4.78, 5) is 16.9. The second-order valence-corrected chi connectivity index (χ2v) is 5.63. The standard InChI is InChI=1S/C16H12BrNO3/c1-21-11-6-13-15(14(19)7-11)16(20)12(8-18-13)9-3-2-4-10(17)5-9/h2-8,12,19H,1H3. The Kier molecular flexibility index (Phi) is 3.51. The number of halogens is 1. The third kappa shape index (κ3) is 2.45. The molecule has 1 atom stereocenters. The lowest BCUT2D eigenvalue weighted by atomic mass is 9.88. The molecule has 2 aromatic carbocycles. The van der Waals surface area contributed by atoms with Gasteiger partial charge in [-0.05, 0) is 17.7 Å². The van der Waals surface area contributed by atoms with Gasteiger partial charge < -0.3 is 9.84 Å². The predicted octanol–water partition coefficient (Wildman–Crippen LogP) is 3.85. The summed E-state index contributed by atoms with van der Waals surface area (Å²) in [5.74, 6) is -0.296. The topological polar surface area (TPSA) is 58.9 Å². The summed E-state index contributed by atoms with van der Waals surface area (Å²) < 4.78 is 5.97. The van der Waals surface area contributed by atoms with E-state index in [-0.39, 0.29) is 17.1 Å². The number of aliphatic imine (C=N–C) groups is 1. The Hall–Kier alpha value is -2.14. The van der Waals surface area contributed by atoms with E-state index in [1.165, 1.54) is 13.2 Å². The summed E-state index contributed by atoms with van der Waals surface area (Å²) in [5.41, 5.74) is 1.50. The van der Waals surface area contributed by atoms with Gasteiger partial charge in [-0.1, -0.05) is 28.1 Å². The van der Waals surface area contributed by atoms with Crippen LogP contribution in [0.5, 0.6) is 11.5 Å². The molecule has 1 N–H and O–H groups in total. The van der Waals surface area contributed by atoms with Gasteiger partial charge >= 0.3 is 0 Å². The molecule has 106 valence electrons. The predicted molar refractivity (Wildman–Crippen MR) is 84.0 cm³/mol. The Morgan fingerprint density at radius 2 is 2.10 bits per heavy atom. The van der Waals surface area contributed by atoms with Gasteiger partial charge in [0.2, 0.25) is 0 Å². The highest BCUT2D eigenvalue weighted by atomic mass is 79.9. The first-order valence-corrected chi connectivity index (χ1v) is 7.14. The molecule has 0 spiro atoms. The number of phenolic OH excluding ortho intramolecular Hbond substituents is 1. The molecule has 1 unspecified atom stereocenters. The molecule has 1 aliphatic rings. The molecule has 3 rings (SSSR count). The molecule has 1 heterocycles. The maximum absolute atomic E-state index is 12.6. The van der Waals surface area contributed by atoms with Crippen molar-refractivity contribution in [3.8, 4) is 11.5 Å². The van der Waals surface area contributed by atoms with Crippen LogP contribution in [0.1, 0.15) is 21.8 Å². The number of rotatable bonds is 2. The SMILES string of the molecule is COc1cc(O)c2c(c1)N=CC(c1cccc(Br)c1)C2=O. The first-order chi connectivity index (χ1) is 10.1. The second-order valence-electron chi connectivity index (χ2n) is 4.72. The molecule has 0 saturated heterocycles. The fourth-order valence-corrected chi connectivity index (χ4v) is 2.79. The number of nitrogens with zero attached hydrogens (tertiary/aromatic N) is 1. The second kappa shape index (κ2) is 5.33. The van der Waals surface area contributed by atoms with Crippen molar-refractivity contribution in [2.75, 3.05) is 7.11 Å². The summed E-state index contributed by atoms with van der Waals surface area (Å²) in [6, 6.07) is 10.6. The van der Waals surface area contributed by atoms with E-state index in [0.717, 1.165) is 10.0 Å². The molecule has 0 aliphatic carbocycles. The van der Waals surface area contributed by atoms with Crippen molar-refractivity contribution in [1.82, 2.24) is 0 Å².